The molecule has 1 amide bonds. The van der Waals surface area contributed by atoms with Crippen LogP contribution < -0.4 is 5.32 Å². The molecule has 0 aliphatic carbocycles. The Labute approximate surface area is 353 Å². The normalized spacial score (nSPS) is 13.6. The number of rotatable bonds is 44. The number of carbonyl (C=O) groups is 2. The molecule has 0 bridgehead atoms. The van der Waals surface area contributed by atoms with Crippen LogP contribution in [0.3, 0.4) is 0 Å². The molecular formula is C51H95NO5. The topological polar surface area (TPSA) is 95.9 Å². The average Bonchev–Trinajstić information content (AvgIpc) is 3.20. The van der Waals surface area contributed by atoms with E-state index in [2.05, 4.69) is 62.5 Å². The van der Waals surface area contributed by atoms with Gasteiger partial charge in [-0.1, -0.05) is 231 Å². The summed E-state index contributed by atoms with van der Waals surface area (Å²) in [4.78, 5) is 26.1. The maximum absolute atomic E-state index is 13.2. The number of nitrogens with one attached hydrogen (secondary N) is 1. The van der Waals surface area contributed by atoms with Crippen LogP contribution >= 0.6 is 0 Å². The summed E-state index contributed by atoms with van der Waals surface area (Å²) in [6, 6.07) is -0.699. The van der Waals surface area contributed by atoms with Gasteiger partial charge in [-0.2, -0.15) is 0 Å². The van der Waals surface area contributed by atoms with Crippen molar-refractivity contribution >= 4 is 11.9 Å². The van der Waals surface area contributed by atoms with Crippen molar-refractivity contribution in [1.29, 1.82) is 0 Å². The second-order valence-electron chi connectivity index (χ2n) is 16.9. The smallest absolute Gasteiger partial charge is 0.306 e. The van der Waals surface area contributed by atoms with E-state index in [-0.39, 0.29) is 24.9 Å². The molecule has 0 aliphatic rings. The van der Waals surface area contributed by atoms with Gasteiger partial charge in [0.15, 0.2) is 0 Å². The van der Waals surface area contributed by atoms with Crippen LogP contribution in [0.4, 0.5) is 0 Å². The molecular weight excluding hydrogens is 707 g/mol. The van der Waals surface area contributed by atoms with Crippen LogP contribution in [0, 0.1) is 0 Å². The third kappa shape index (κ3) is 40.6. The lowest BCUT2D eigenvalue weighted by atomic mass is 10.0. The summed E-state index contributed by atoms with van der Waals surface area (Å²) in [7, 11) is 0. The molecule has 0 spiro atoms. The van der Waals surface area contributed by atoms with E-state index in [4.69, 9.17) is 4.74 Å². The molecule has 0 saturated heterocycles. The molecule has 3 N–H and O–H groups in total. The molecule has 0 heterocycles. The van der Waals surface area contributed by atoms with Crippen molar-refractivity contribution in [3.05, 3.63) is 36.5 Å². The molecule has 0 rings (SSSR count). The highest BCUT2D eigenvalue weighted by molar-refractivity contribution is 5.77. The van der Waals surface area contributed by atoms with Gasteiger partial charge in [0, 0.05) is 6.42 Å². The average molecular weight is 802 g/mol. The zero-order chi connectivity index (χ0) is 41.7. The third-order valence-corrected chi connectivity index (χ3v) is 11.3. The SMILES string of the molecule is CC/C=C/C=C/C=C/CCCCCCCCCC(=O)OC(CCCCCCCCCCCCCCC)CC(=O)NC(CO)C(O)CCCCCCCCCCCC. The van der Waals surface area contributed by atoms with Crippen molar-refractivity contribution in [1.82, 2.24) is 5.32 Å². The summed E-state index contributed by atoms with van der Waals surface area (Å²) in [5.74, 6) is -0.479. The minimum absolute atomic E-state index is 0.0762. The van der Waals surface area contributed by atoms with Crippen LogP contribution in [0.5, 0.6) is 0 Å². The Morgan fingerprint density at radius 3 is 1.42 bits per heavy atom. The summed E-state index contributed by atoms with van der Waals surface area (Å²) < 4.78 is 5.92. The van der Waals surface area contributed by atoms with Gasteiger partial charge in [-0.15, -0.1) is 0 Å². The molecule has 0 aromatic rings. The van der Waals surface area contributed by atoms with E-state index in [0.29, 0.717) is 19.3 Å². The fourth-order valence-corrected chi connectivity index (χ4v) is 7.55. The fourth-order valence-electron chi connectivity index (χ4n) is 7.55. The van der Waals surface area contributed by atoms with Gasteiger partial charge in [-0.3, -0.25) is 9.59 Å². The standard InChI is InChI=1S/C51H95NO5/c1-4-7-10-13-16-19-22-24-25-27-29-32-35-38-41-44-51(56)57-47(42-39-36-33-30-28-26-23-20-17-14-11-8-5-2)45-50(55)52-48(46-53)49(54)43-40-37-34-31-21-18-15-12-9-6-3/h7,10,13,16,19,22,47-49,53-54H,4-6,8-9,11-12,14-15,17-18,20-21,23-46H2,1-3H3,(H,52,55)/b10-7+,16-13+,22-19+. The Bertz CT molecular complexity index is 946. The fraction of sp³-hybridized carbons (Fsp3) is 0.843. The Morgan fingerprint density at radius 2 is 0.947 bits per heavy atom. The van der Waals surface area contributed by atoms with Crippen LogP contribution in [-0.2, 0) is 14.3 Å². The first-order valence-corrected chi connectivity index (χ1v) is 24.7. The molecule has 0 aromatic carbocycles. The van der Waals surface area contributed by atoms with Crippen molar-refractivity contribution in [3.63, 3.8) is 0 Å². The molecule has 334 valence electrons. The van der Waals surface area contributed by atoms with Crippen molar-refractivity contribution in [2.45, 2.75) is 270 Å². The van der Waals surface area contributed by atoms with Gasteiger partial charge >= 0.3 is 5.97 Å². The second kappa shape index (κ2) is 45.2. The number of ether oxygens (including phenoxy) is 1. The predicted octanol–water partition coefficient (Wildman–Crippen LogP) is 14.5. The molecule has 6 heteroatoms. The lowest BCUT2D eigenvalue weighted by molar-refractivity contribution is -0.151. The number of hydrogen-bond donors (Lipinski definition) is 3. The second-order valence-corrected chi connectivity index (χ2v) is 16.9. The van der Waals surface area contributed by atoms with Crippen LogP contribution in [0.15, 0.2) is 36.5 Å². The number of aliphatic hydroxyl groups excluding tert-OH is 2. The Hall–Kier alpha value is -1.92. The van der Waals surface area contributed by atoms with Gasteiger partial charge in [-0.25, -0.2) is 0 Å². The largest absolute Gasteiger partial charge is 0.462 e. The molecule has 0 saturated carbocycles. The Kier molecular flexibility index (Phi) is 43.6. The molecule has 6 nitrogen and oxygen atoms in total. The predicted molar refractivity (Wildman–Crippen MR) is 246 cm³/mol. The summed E-state index contributed by atoms with van der Waals surface area (Å²) in [6.07, 6.45) is 52.0. The number of hydrogen-bond acceptors (Lipinski definition) is 5. The Balaban J connectivity index is 4.57. The van der Waals surface area contributed by atoms with E-state index >= 15 is 0 Å². The number of aliphatic hydroxyl groups is 2. The molecule has 57 heavy (non-hydrogen) atoms. The summed E-state index contributed by atoms with van der Waals surface area (Å²) >= 11 is 0. The monoisotopic (exact) mass is 802 g/mol. The minimum Gasteiger partial charge on any atom is -0.462 e. The zero-order valence-electron chi connectivity index (χ0n) is 38.0. The van der Waals surface area contributed by atoms with E-state index < -0.39 is 18.2 Å². The number of carbonyl (C=O) groups excluding carboxylic acids is 2. The van der Waals surface area contributed by atoms with Crippen molar-refractivity contribution in [2.75, 3.05) is 6.61 Å². The summed E-state index contributed by atoms with van der Waals surface area (Å²) in [5.41, 5.74) is 0. The molecule has 0 aromatic heterocycles. The number of allylic oxidation sites excluding steroid dienone is 6. The van der Waals surface area contributed by atoms with E-state index in [1.54, 1.807) is 0 Å². The highest BCUT2D eigenvalue weighted by Crippen LogP contribution is 2.18. The first-order chi connectivity index (χ1) is 28.0. The lowest BCUT2D eigenvalue weighted by Gasteiger charge is -2.24. The van der Waals surface area contributed by atoms with Crippen LogP contribution in [0.2, 0.25) is 0 Å². The molecule has 3 atom stereocenters. The van der Waals surface area contributed by atoms with E-state index in [0.717, 1.165) is 64.2 Å². The third-order valence-electron chi connectivity index (χ3n) is 11.3. The molecule has 0 fully saturated rings. The van der Waals surface area contributed by atoms with Crippen LogP contribution in [0.25, 0.3) is 0 Å². The van der Waals surface area contributed by atoms with Crippen LogP contribution in [-0.4, -0.2) is 46.9 Å². The minimum atomic E-state index is -0.785. The highest BCUT2D eigenvalue weighted by Gasteiger charge is 2.24. The number of esters is 1. The maximum Gasteiger partial charge on any atom is 0.306 e. The van der Waals surface area contributed by atoms with E-state index in [9.17, 15) is 19.8 Å². The maximum atomic E-state index is 13.2. The van der Waals surface area contributed by atoms with Crippen LogP contribution in [0.1, 0.15) is 252 Å². The molecule has 0 aliphatic heterocycles. The first-order valence-electron chi connectivity index (χ1n) is 24.7. The van der Waals surface area contributed by atoms with Crippen molar-refractivity contribution in [2.24, 2.45) is 0 Å². The Morgan fingerprint density at radius 1 is 0.526 bits per heavy atom. The molecule has 0 radical (unpaired) electrons. The number of unbranched alkanes of at least 4 members (excludes halogenated alkanes) is 28. The lowest BCUT2D eigenvalue weighted by Crippen LogP contribution is -2.46. The van der Waals surface area contributed by atoms with Gasteiger partial charge in [0.2, 0.25) is 5.91 Å². The van der Waals surface area contributed by atoms with Gasteiger partial charge in [-0.05, 0) is 44.9 Å². The first kappa shape index (κ1) is 55.1. The van der Waals surface area contributed by atoms with Gasteiger partial charge in [0.25, 0.3) is 0 Å². The van der Waals surface area contributed by atoms with E-state index in [1.807, 2.05) is 0 Å². The highest BCUT2D eigenvalue weighted by atomic mass is 16.5. The van der Waals surface area contributed by atoms with E-state index in [1.165, 1.54) is 141 Å². The quantitative estimate of drug-likeness (QED) is 0.0324. The zero-order valence-corrected chi connectivity index (χ0v) is 38.0. The van der Waals surface area contributed by atoms with Crippen molar-refractivity contribution < 1.29 is 24.5 Å². The number of amides is 1. The summed E-state index contributed by atoms with van der Waals surface area (Å²) in [6.45, 7) is 6.35. The van der Waals surface area contributed by atoms with Gasteiger partial charge in [0.1, 0.15) is 6.10 Å². The molecule has 3 unspecified atom stereocenters. The van der Waals surface area contributed by atoms with Gasteiger partial charge in [0.05, 0.1) is 25.2 Å². The van der Waals surface area contributed by atoms with Crippen molar-refractivity contribution in [3.8, 4) is 0 Å². The van der Waals surface area contributed by atoms with Gasteiger partial charge < -0.3 is 20.3 Å². The summed E-state index contributed by atoms with van der Waals surface area (Å²) in [5, 5.41) is 23.7.